The number of carbonyl (C=O) groups excluding carboxylic acids is 2. The lowest BCUT2D eigenvalue weighted by molar-refractivity contribution is 0.00994. The van der Waals surface area contributed by atoms with Gasteiger partial charge in [-0.3, -0.25) is 4.79 Å². The minimum absolute atomic E-state index is 0.00915. The Balaban J connectivity index is 1.49. The van der Waals surface area contributed by atoms with Gasteiger partial charge in [0.15, 0.2) is 5.78 Å². The molecule has 186 valence electrons. The molecule has 2 heterocycles. The fraction of sp³-hybridized carbons (Fsp3) is 0.433. The summed E-state index contributed by atoms with van der Waals surface area (Å²) in [6.45, 7) is 10.7. The van der Waals surface area contributed by atoms with Gasteiger partial charge in [-0.1, -0.05) is 38.1 Å². The second-order valence-corrected chi connectivity index (χ2v) is 11.6. The van der Waals surface area contributed by atoms with Crippen LogP contribution in [0.5, 0.6) is 0 Å². The van der Waals surface area contributed by atoms with E-state index in [4.69, 9.17) is 4.74 Å². The van der Waals surface area contributed by atoms with Crippen molar-refractivity contribution in [3.05, 3.63) is 69.9 Å². The molecule has 1 unspecified atom stereocenters. The Bertz CT molecular complexity index is 1420. The zero-order chi connectivity index (χ0) is 25.8. The van der Waals surface area contributed by atoms with E-state index >= 15 is 0 Å². The van der Waals surface area contributed by atoms with Gasteiger partial charge in [0.05, 0.1) is 17.2 Å². The maximum absolute atomic E-state index is 13.6. The number of fused-ring (bicyclic) bond motifs is 4. The Morgan fingerprint density at radius 1 is 1.19 bits per heavy atom. The molecule has 1 aliphatic carbocycles. The summed E-state index contributed by atoms with van der Waals surface area (Å²) < 4.78 is 5.69. The fourth-order valence-corrected chi connectivity index (χ4v) is 5.72. The van der Waals surface area contributed by atoms with Crippen LogP contribution in [-0.2, 0) is 16.6 Å². The van der Waals surface area contributed by atoms with Crippen LogP contribution >= 0.6 is 0 Å². The average molecular weight is 484 g/mol. The van der Waals surface area contributed by atoms with Crippen LogP contribution < -0.4 is 0 Å². The number of hydrogen-bond acceptors (Lipinski definition) is 4. The molecule has 1 aliphatic heterocycles. The van der Waals surface area contributed by atoms with Gasteiger partial charge in [0.2, 0.25) is 0 Å². The van der Waals surface area contributed by atoms with Crippen molar-refractivity contribution in [1.29, 1.82) is 5.26 Å². The molecule has 0 radical (unpaired) electrons. The summed E-state index contributed by atoms with van der Waals surface area (Å²) in [5, 5.41) is 10.2. The Hall–Kier alpha value is -3.59. The van der Waals surface area contributed by atoms with E-state index in [-0.39, 0.29) is 17.9 Å². The van der Waals surface area contributed by atoms with E-state index in [1.54, 1.807) is 12.1 Å². The summed E-state index contributed by atoms with van der Waals surface area (Å²) in [6, 6.07) is 13.8. The molecule has 3 aromatic rings. The van der Waals surface area contributed by atoms with Crippen LogP contribution in [0.4, 0.5) is 4.79 Å². The number of rotatable bonds is 2. The van der Waals surface area contributed by atoms with Crippen molar-refractivity contribution in [3.8, 4) is 6.07 Å². The molecule has 0 bridgehead atoms. The number of aromatic amines is 1. The number of aromatic nitrogens is 1. The lowest BCUT2D eigenvalue weighted by Crippen LogP contribution is -2.47. The minimum Gasteiger partial charge on any atom is -0.444 e. The number of piperidine rings is 1. The molecule has 1 N–H and O–H groups in total. The van der Waals surface area contributed by atoms with Crippen molar-refractivity contribution >= 4 is 22.8 Å². The van der Waals surface area contributed by atoms with Gasteiger partial charge in [0.1, 0.15) is 5.60 Å². The molecule has 1 fully saturated rings. The Morgan fingerprint density at radius 2 is 1.97 bits per heavy atom. The molecule has 1 amide bonds. The number of nitriles is 1. The molecule has 6 heteroatoms. The minimum atomic E-state index is -0.527. The van der Waals surface area contributed by atoms with Gasteiger partial charge in [-0.05, 0) is 69.7 Å². The SMILES string of the molecule is CC(C)(C)OC(=O)N1CCCCC1Cc1ccc2c(c1)C(C)(C)c1[nH]c3cc(C#N)ccc3c1C2=O. The maximum Gasteiger partial charge on any atom is 0.410 e. The third-order valence-corrected chi connectivity index (χ3v) is 7.51. The highest BCUT2D eigenvalue weighted by Gasteiger charge is 2.40. The summed E-state index contributed by atoms with van der Waals surface area (Å²) in [4.78, 5) is 31.9. The average Bonchev–Trinajstić information content (AvgIpc) is 3.22. The Kier molecular flexibility index (Phi) is 5.70. The molecule has 1 saturated heterocycles. The normalized spacial score (nSPS) is 18.9. The Labute approximate surface area is 212 Å². The molecule has 0 spiro atoms. The third-order valence-electron chi connectivity index (χ3n) is 7.51. The van der Waals surface area contributed by atoms with Gasteiger partial charge in [-0.15, -0.1) is 0 Å². The molecule has 36 heavy (non-hydrogen) atoms. The van der Waals surface area contributed by atoms with E-state index < -0.39 is 11.0 Å². The van der Waals surface area contributed by atoms with Crippen LogP contribution in [0.15, 0.2) is 36.4 Å². The quantitative estimate of drug-likeness (QED) is 0.467. The lowest BCUT2D eigenvalue weighted by Gasteiger charge is -2.37. The number of amides is 1. The zero-order valence-corrected chi connectivity index (χ0v) is 21.7. The van der Waals surface area contributed by atoms with Crippen LogP contribution in [-0.4, -0.2) is 39.9 Å². The summed E-state index contributed by atoms with van der Waals surface area (Å²) in [5.74, 6) is 0.00915. The summed E-state index contributed by atoms with van der Waals surface area (Å²) in [5.41, 5.74) is 4.83. The van der Waals surface area contributed by atoms with Crippen molar-refractivity contribution in [1.82, 2.24) is 9.88 Å². The Morgan fingerprint density at radius 3 is 2.69 bits per heavy atom. The highest BCUT2D eigenvalue weighted by Crippen LogP contribution is 2.44. The van der Waals surface area contributed by atoms with Crippen molar-refractivity contribution < 1.29 is 14.3 Å². The largest absolute Gasteiger partial charge is 0.444 e. The second kappa shape index (κ2) is 8.51. The van der Waals surface area contributed by atoms with Crippen molar-refractivity contribution in [3.63, 3.8) is 0 Å². The molecule has 0 saturated carbocycles. The highest BCUT2D eigenvalue weighted by atomic mass is 16.6. The summed E-state index contributed by atoms with van der Waals surface area (Å²) >= 11 is 0. The zero-order valence-electron chi connectivity index (χ0n) is 21.7. The van der Waals surface area contributed by atoms with Crippen LogP contribution in [0.3, 0.4) is 0 Å². The summed E-state index contributed by atoms with van der Waals surface area (Å²) in [6.07, 6.45) is 3.48. The maximum atomic E-state index is 13.6. The van der Waals surface area contributed by atoms with E-state index in [1.165, 1.54) is 0 Å². The number of hydrogen-bond donors (Lipinski definition) is 1. The third kappa shape index (κ3) is 4.07. The summed E-state index contributed by atoms with van der Waals surface area (Å²) in [7, 11) is 0. The molecule has 2 aliphatic rings. The van der Waals surface area contributed by atoms with E-state index in [9.17, 15) is 14.9 Å². The van der Waals surface area contributed by atoms with Gasteiger partial charge in [0, 0.05) is 40.2 Å². The number of ketones is 1. The van der Waals surface area contributed by atoms with E-state index in [0.29, 0.717) is 23.2 Å². The molecule has 6 nitrogen and oxygen atoms in total. The van der Waals surface area contributed by atoms with E-state index in [2.05, 4.69) is 31.0 Å². The van der Waals surface area contributed by atoms with Crippen molar-refractivity contribution in [2.75, 3.05) is 6.54 Å². The molecule has 1 atom stereocenters. The number of likely N-dealkylation sites (tertiary alicyclic amines) is 1. The number of H-pyrrole nitrogens is 1. The molecule has 5 rings (SSSR count). The molecular formula is C30H33N3O3. The standard InChI is InChI=1S/C30H33N3O3/c1-29(2,3)36-28(35)33-13-7-6-8-20(33)14-18-9-11-21-23(15-18)30(4,5)27-25(26(21)34)22-12-10-19(17-31)16-24(22)32-27/h9-12,15-16,20,32H,6-8,13-14H2,1-5H3. The van der Waals surface area contributed by atoms with Crippen molar-refractivity contribution in [2.24, 2.45) is 0 Å². The van der Waals surface area contributed by atoms with Crippen LogP contribution in [0.1, 0.15) is 92.2 Å². The smallest absolute Gasteiger partial charge is 0.410 e. The predicted molar refractivity (Wildman–Crippen MR) is 139 cm³/mol. The van der Waals surface area contributed by atoms with Gasteiger partial charge in [-0.25, -0.2) is 4.79 Å². The lowest BCUT2D eigenvalue weighted by atomic mass is 9.70. The first-order valence-electron chi connectivity index (χ1n) is 12.7. The number of ether oxygens (including phenoxy) is 1. The van der Waals surface area contributed by atoms with Gasteiger partial charge in [-0.2, -0.15) is 5.26 Å². The first-order valence-corrected chi connectivity index (χ1v) is 12.7. The van der Waals surface area contributed by atoms with Crippen LogP contribution in [0.25, 0.3) is 10.9 Å². The van der Waals surface area contributed by atoms with Crippen LogP contribution in [0.2, 0.25) is 0 Å². The molecule has 1 aromatic heterocycles. The first kappa shape index (κ1) is 24.1. The highest BCUT2D eigenvalue weighted by molar-refractivity contribution is 6.20. The van der Waals surface area contributed by atoms with Crippen LogP contribution in [0, 0.1) is 11.3 Å². The second-order valence-electron chi connectivity index (χ2n) is 11.6. The fourth-order valence-electron chi connectivity index (χ4n) is 5.72. The molecule has 2 aromatic carbocycles. The topological polar surface area (TPSA) is 86.2 Å². The predicted octanol–water partition coefficient (Wildman–Crippen LogP) is 6.24. The first-order chi connectivity index (χ1) is 17.0. The van der Waals surface area contributed by atoms with Gasteiger partial charge < -0.3 is 14.6 Å². The van der Waals surface area contributed by atoms with E-state index in [1.807, 2.05) is 43.9 Å². The number of nitrogens with one attached hydrogen (secondary N) is 1. The van der Waals surface area contributed by atoms with Gasteiger partial charge in [0.25, 0.3) is 0 Å². The number of carbonyl (C=O) groups is 2. The molecular weight excluding hydrogens is 450 g/mol. The monoisotopic (exact) mass is 483 g/mol. The number of nitrogens with zero attached hydrogens (tertiary/aromatic N) is 2. The van der Waals surface area contributed by atoms with Gasteiger partial charge >= 0.3 is 6.09 Å². The number of benzene rings is 2. The van der Waals surface area contributed by atoms with Crippen molar-refractivity contribution in [2.45, 2.75) is 77.4 Å². The van der Waals surface area contributed by atoms with E-state index in [0.717, 1.165) is 53.4 Å².